The molecule has 0 aliphatic heterocycles. The molecule has 2 rings (SSSR count). The summed E-state index contributed by atoms with van der Waals surface area (Å²) in [6.07, 6.45) is 3.00. The highest BCUT2D eigenvalue weighted by Crippen LogP contribution is 2.22. The van der Waals surface area contributed by atoms with Crippen molar-refractivity contribution in [3.05, 3.63) is 55.6 Å². The predicted octanol–water partition coefficient (Wildman–Crippen LogP) is 2.83. The molecular weight excluding hydrogens is 364 g/mol. The third kappa shape index (κ3) is 2.81. The van der Waals surface area contributed by atoms with Gasteiger partial charge in [0.1, 0.15) is 10.2 Å². The summed E-state index contributed by atoms with van der Waals surface area (Å²) < 4.78 is 8.07. The van der Waals surface area contributed by atoms with Gasteiger partial charge in [0.15, 0.2) is 0 Å². The first-order valence-electron chi connectivity index (χ1n) is 5.14. The molecule has 1 aromatic heterocycles. The Hall–Kier alpha value is -1.14. The van der Waals surface area contributed by atoms with E-state index in [0.717, 1.165) is 15.8 Å². The van der Waals surface area contributed by atoms with Gasteiger partial charge in [-0.05, 0) is 39.7 Å². The minimum Gasteiger partial charge on any atom is -0.497 e. The average Bonchev–Trinajstić information content (AvgIpc) is 2.37. The molecule has 1 aromatic carbocycles. The van der Waals surface area contributed by atoms with Crippen molar-refractivity contribution in [2.75, 3.05) is 7.11 Å². The number of halogens is 2. The van der Waals surface area contributed by atoms with Gasteiger partial charge in [0.25, 0.3) is 5.56 Å². The molecule has 0 fully saturated rings. The number of methoxy groups -OCH3 is 1. The van der Waals surface area contributed by atoms with Gasteiger partial charge in [0.05, 0.1) is 20.0 Å². The number of hydrogen-bond donors (Lipinski definition) is 0. The maximum absolute atomic E-state index is 11.9. The van der Waals surface area contributed by atoms with E-state index in [-0.39, 0.29) is 5.56 Å². The van der Waals surface area contributed by atoms with E-state index in [0.29, 0.717) is 11.0 Å². The molecule has 0 aliphatic rings. The number of nitrogens with zero attached hydrogens (tertiary/aromatic N) is 2. The predicted molar refractivity (Wildman–Crippen MR) is 76.0 cm³/mol. The van der Waals surface area contributed by atoms with Crippen molar-refractivity contribution in [2.45, 2.75) is 6.54 Å². The topological polar surface area (TPSA) is 44.1 Å². The molecule has 0 atom stereocenters. The Balaban J connectivity index is 2.39. The Morgan fingerprint density at radius 3 is 2.83 bits per heavy atom. The molecule has 0 spiro atoms. The van der Waals surface area contributed by atoms with Crippen molar-refractivity contribution in [1.29, 1.82) is 0 Å². The lowest BCUT2D eigenvalue weighted by atomic mass is 10.2. The summed E-state index contributed by atoms with van der Waals surface area (Å²) in [5, 5.41) is 0. The van der Waals surface area contributed by atoms with E-state index in [2.05, 4.69) is 36.8 Å². The monoisotopic (exact) mass is 372 g/mol. The Morgan fingerprint density at radius 2 is 2.11 bits per heavy atom. The van der Waals surface area contributed by atoms with Crippen LogP contribution >= 0.6 is 31.9 Å². The van der Waals surface area contributed by atoms with Gasteiger partial charge in [-0.3, -0.25) is 9.36 Å². The number of aromatic nitrogens is 2. The van der Waals surface area contributed by atoms with Gasteiger partial charge in [-0.1, -0.05) is 15.9 Å². The molecule has 0 amide bonds. The van der Waals surface area contributed by atoms with E-state index >= 15 is 0 Å². The number of benzene rings is 1. The zero-order chi connectivity index (χ0) is 13.1. The molecule has 0 bridgehead atoms. The molecule has 0 saturated carbocycles. The van der Waals surface area contributed by atoms with Crippen LogP contribution in [-0.2, 0) is 6.54 Å². The fourth-order valence-corrected chi connectivity index (χ4v) is 2.24. The van der Waals surface area contributed by atoms with Crippen LogP contribution in [0.3, 0.4) is 0 Å². The van der Waals surface area contributed by atoms with Crippen LogP contribution in [0, 0.1) is 0 Å². The minimum atomic E-state index is -0.111. The maximum atomic E-state index is 11.9. The van der Waals surface area contributed by atoms with Crippen LogP contribution in [0.1, 0.15) is 5.56 Å². The molecule has 6 heteroatoms. The van der Waals surface area contributed by atoms with Gasteiger partial charge >= 0.3 is 0 Å². The zero-order valence-corrected chi connectivity index (χ0v) is 12.7. The van der Waals surface area contributed by atoms with Gasteiger partial charge in [0, 0.05) is 10.7 Å². The summed E-state index contributed by atoms with van der Waals surface area (Å²) in [6, 6.07) is 5.64. The molecule has 1 heterocycles. The average molecular weight is 374 g/mol. The largest absolute Gasteiger partial charge is 0.497 e. The van der Waals surface area contributed by atoms with Crippen molar-refractivity contribution < 1.29 is 4.74 Å². The Bertz CT molecular complexity index is 626. The third-order valence-electron chi connectivity index (χ3n) is 2.45. The number of rotatable bonds is 3. The van der Waals surface area contributed by atoms with E-state index in [4.69, 9.17) is 4.74 Å². The van der Waals surface area contributed by atoms with Gasteiger partial charge in [-0.2, -0.15) is 0 Å². The lowest BCUT2D eigenvalue weighted by Crippen LogP contribution is -2.21. The molecular formula is C12H10Br2N2O2. The van der Waals surface area contributed by atoms with Crippen LogP contribution in [0.25, 0.3) is 0 Å². The van der Waals surface area contributed by atoms with Gasteiger partial charge < -0.3 is 4.74 Å². The summed E-state index contributed by atoms with van der Waals surface area (Å²) >= 11 is 6.63. The molecule has 0 radical (unpaired) electrons. The molecule has 18 heavy (non-hydrogen) atoms. The third-order valence-corrected chi connectivity index (χ3v) is 3.77. The first-order valence-corrected chi connectivity index (χ1v) is 6.73. The van der Waals surface area contributed by atoms with Gasteiger partial charge in [0.2, 0.25) is 0 Å². The van der Waals surface area contributed by atoms with Crippen LogP contribution in [0.2, 0.25) is 0 Å². The van der Waals surface area contributed by atoms with Crippen LogP contribution in [0.5, 0.6) is 5.75 Å². The van der Waals surface area contributed by atoms with Crippen LogP contribution in [0.4, 0.5) is 0 Å². The fraction of sp³-hybridized carbons (Fsp3) is 0.167. The van der Waals surface area contributed by atoms with Crippen LogP contribution in [-0.4, -0.2) is 16.7 Å². The van der Waals surface area contributed by atoms with Gasteiger partial charge in [-0.25, -0.2) is 4.98 Å². The van der Waals surface area contributed by atoms with E-state index < -0.39 is 0 Å². The first-order chi connectivity index (χ1) is 8.61. The fourth-order valence-electron chi connectivity index (χ4n) is 1.52. The molecule has 4 nitrogen and oxygen atoms in total. The summed E-state index contributed by atoms with van der Waals surface area (Å²) in [6.45, 7) is 0.434. The summed E-state index contributed by atoms with van der Waals surface area (Å²) in [5.74, 6) is 0.754. The second-order valence-corrected chi connectivity index (χ2v) is 5.34. The molecule has 94 valence electrons. The zero-order valence-electron chi connectivity index (χ0n) is 9.56. The standard InChI is InChI=1S/C12H10Br2N2O2/c1-18-9-2-3-10(13)8(4-9)6-16-7-15-5-11(14)12(16)17/h2-5,7H,6H2,1H3. The van der Waals surface area contributed by atoms with Gasteiger partial charge in [-0.15, -0.1) is 0 Å². The second-order valence-electron chi connectivity index (χ2n) is 3.63. The molecule has 0 N–H and O–H groups in total. The quantitative estimate of drug-likeness (QED) is 0.830. The highest BCUT2D eigenvalue weighted by atomic mass is 79.9. The minimum absolute atomic E-state index is 0.111. The normalized spacial score (nSPS) is 10.4. The van der Waals surface area contributed by atoms with Crippen molar-refractivity contribution >= 4 is 31.9 Å². The maximum Gasteiger partial charge on any atom is 0.267 e. The molecule has 0 aliphatic carbocycles. The highest BCUT2D eigenvalue weighted by Gasteiger charge is 2.06. The van der Waals surface area contributed by atoms with Crippen molar-refractivity contribution in [3.63, 3.8) is 0 Å². The summed E-state index contributed by atoms with van der Waals surface area (Å²) in [4.78, 5) is 15.9. The Morgan fingerprint density at radius 1 is 1.33 bits per heavy atom. The van der Waals surface area contributed by atoms with Crippen LogP contribution in [0.15, 0.2) is 44.5 Å². The Labute approximate surface area is 121 Å². The lowest BCUT2D eigenvalue weighted by molar-refractivity contribution is 0.414. The van der Waals surface area contributed by atoms with Crippen molar-refractivity contribution in [2.24, 2.45) is 0 Å². The number of ether oxygens (including phenoxy) is 1. The van der Waals surface area contributed by atoms with Crippen molar-refractivity contribution in [1.82, 2.24) is 9.55 Å². The molecule has 0 unspecified atom stereocenters. The lowest BCUT2D eigenvalue weighted by Gasteiger charge is -2.09. The highest BCUT2D eigenvalue weighted by molar-refractivity contribution is 9.10. The van der Waals surface area contributed by atoms with E-state index in [1.54, 1.807) is 7.11 Å². The molecule has 2 aromatic rings. The van der Waals surface area contributed by atoms with E-state index in [1.807, 2.05) is 18.2 Å². The van der Waals surface area contributed by atoms with E-state index in [1.165, 1.54) is 17.1 Å². The van der Waals surface area contributed by atoms with Crippen molar-refractivity contribution in [3.8, 4) is 5.75 Å². The second kappa shape index (κ2) is 5.67. The first kappa shape index (κ1) is 13.3. The summed E-state index contributed by atoms with van der Waals surface area (Å²) in [7, 11) is 1.61. The molecule has 0 saturated heterocycles. The SMILES string of the molecule is COc1ccc(Br)c(Cn2cncc(Br)c2=O)c1. The summed E-state index contributed by atoms with van der Waals surface area (Å²) in [5.41, 5.74) is 0.844. The number of hydrogen-bond acceptors (Lipinski definition) is 3. The smallest absolute Gasteiger partial charge is 0.267 e. The van der Waals surface area contributed by atoms with E-state index in [9.17, 15) is 4.79 Å². The Kier molecular flexibility index (Phi) is 4.19. The van der Waals surface area contributed by atoms with Crippen LogP contribution < -0.4 is 10.3 Å².